The third kappa shape index (κ3) is 3.07. The van der Waals surface area contributed by atoms with Crippen LogP contribution in [0.2, 0.25) is 0 Å². The highest BCUT2D eigenvalue weighted by molar-refractivity contribution is 7.89. The average Bonchev–Trinajstić information content (AvgIpc) is 2.42. The number of rotatable bonds is 4. The van der Waals surface area contributed by atoms with Crippen LogP contribution in [0.3, 0.4) is 0 Å². The second-order valence-corrected chi connectivity index (χ2v) is 6.73. The Bertz CT molecular complexity index is 758. The molecule has 1 aromatic heterocycles. The maximum Gasteiger partial charge on any atom is 0.241 e. The quantitative estimate of drug-likeness (QED) is 0.926. The van der Waals surface area contributed by atoms with E-state index in [1.165, 1.54) is 0 Å². The molecule has 0 aliphatic carbocycles. The number of aromatic nitrogens is 1. The molecule has 1 aliphatic rings. The number of pyridine rings is 1. The molecule has 3 rings (SSSR count). The molecule has 0 spiro atoms. The zero-order valence-corrected chi connectivity index (χ0v) is 12.2. The Labute approximate surface area is 126 Å². The summed E-state index contributed by atoms with van der Waals surface area (Å²) in [7, 11) is -3.95. The van der Waals surface area contributed by atoms with Gasteiger partial charge in [0.05, 0.1) is 10.9 Å². The standard InChI is InChI=1S/C14H13F2N3O2S/c15-10-5-11(16)7-13(6-10)22(20,21)18-12-8-19(9-12)14-3-1-2-4-17-14/h1-7,12,18H,8-9H2. The van der Waals surface area contributed by atoms with Crippen molar-refractivity contribution < 1.29 is 17.2 Å². The zero-order chi connectivity index (χ0) is 15.7. The summed E-state index contributed by atoms with van der Waals surface area (Å²) in [6.07, 6.45) is 1.66. The number of hydrogen-bond acceptors (Lipinski definition) is 4. The van der Waals surface area contributed by atoms with E-state index >= 15 is 0 Å². The molecule has 0 unspecified atom stereocenters. The van der Waals surface area contributed by atoms with Gasteiger partial charge >= 0.3 is 0 Å². The third-order valence-electron chi connectivity index (χ3n) is 3.32. The summed E-state index contributed by atoms with van der Waals surface area (Å²) in [5, 5.41) is 0. The number of anilines is 1. The molecule has 1 aliphatic heterocycles. The van der Waals surface area contributed by atoms with Crippen molar-refractivity contribution in [1.82, 2.24) is 9.71 Å². The van der Waals surface area contributed by atoms with Gasteiger partial charge in [-0.15, -0.1) is 0 Å². The van der Waals surface area contributed by atoms with Crippen LogP contribution >= 0.6 is 0 Å². The molecule has 1 aromatic carbocycles. The van der Waals surface area contributed by atoms with Crippen LogP contribution in [0, 0.1) is 11.6 Å². The van der Waals surface area contributed by atoms with Crippen molar-refractivity contribution in [3.63, 3.8) is 0 Å². The monoisotopic (exact) mass is 325 g/mol. The molecule has 1 N–H and O–H groups in total. The van der Waals surface area contributed by atoms with Gasteiger partial charge < -0.3 is 4.90 Å². The second kappa shape index (κ2) is 5.62. The lowest BCUT2D eigenvalue weighted by Gasteiger charge is -2.40. The van der Waals surface area contributed by atoms with E-state index in [9.17, 15) is 17.2 Å². The summed E-state index contributed by atoms with van der Waals surface area (Å²) in [6.45, 7) is 0.905. The molecule has 1 saturated heterocycles. The minimum absolute atomic E-state index is 0.321. The van der Waals surface area contributed by atoms with Crippen molar-refractivity contribution in [2.75, 3.05) is 18.0 Å². The molecule has 0 bridgehead atoms. The number of hydrogen-bond donors (Lipinski definition) is 1. The topological polar surface area (TPSA) is 62.3 Å². The van der Waals surface area contributed by atoms with E-state index in [0.717, 1.165) is 18.0 Å². The summed E-state index contributed by atoms with van der Waals surface area (Å²) in [6, 6.07) is 7.36. The lowest BCUT2D eigenvalue weighted by atomic mass is 10.1. The van der Waals surface area contributed by atoms with Crippen molar-refractivity contribution in [1.29, 1.82) is 0 Å². The Morgan fingerprint density at radius 3 is 2.41 bits per heavy atom. The first-order valence-electron chi connectivity index (χ1n) is 6.58. The molecule has 2 aromatic rings. The van der Waals surface area contributed by atoms with Gasteiger partial charge in [0.1, 0.15) is 17.5 Å². The highest BCUT2D eigenvalue weighted by Gasteiger charge is 2.31. The summed E-state index contributed by atoms with van der Waals surface area (Å²) < 4.78 is 52.9. The van der Waals surface area contributed by atoms with Crippen molar-refractivity contribution in [3.05, 3.63) is 54.2 Å². The van der Waals surface area contributed by atoms with Gasteiger partial charge in [0.25, 0.3) is 0 Å². The minimum Gasteiger partial charge on any atom is -0.353 e. The number of nitrogens with zero attached hydrogens (tertiary/aromatic N) is 2. The lowest BCUT2D eigenvalue weighted by Crippen LogP contribution is -2.59. The summed E-state index contributed by atoms with van der Waals surface area (Å²) >= 11 is 0. The maximum atomic E-state index is 13.1. The van der Waals surface area contributed by atoms with E-state index in [-0.39, 0.29) is 6.04 Å². The first-order valence-corrected chi connectivity index (χ1v) is 8.07. The van der Waals surface area contributed by atoms with Gasteiger partial charge in [0, 0.05) is 25.4 Å². The highest BCUT2D eigenvalue weighted by atomic mass is 32.2. The molecule has 0 amide bonds. The van der Waals surface area contributed by atoms with E-state index in [0.29, 0.717) is 19.2 Å². The van der Waals surface area contributed by atoms with E-state index in [4.69, 9.17) is 0 Å². The SMILES string of the molecule is O=S(=O)(NC1CN(c2ccccn2)C1)c1cc(F)cc(F)c1. The van der Waals surface area contributed by atoms with Crippen LogP contribution in [0.5, 0.6) is 0 Å². The predicted molar refractivity (Wildman–Crippen MR) is 76.9 cm³/mol. The largest absolute Gasteiger partial charge is 0.353 e. The van der Waals surface area contributed by atoms with E-state index in [1.807, 2.05) is 17.0 Å². The van der Waals surface area contributed by atoms with Crippen molar-refractivity contribution in [3.8, 4) is 0 Å². The Hall–Kier alpha value is -2.06. The van der Waals surface area contributed by atoms with Gasteiger partial charge in [-0.25, -0.2) is 26.9 Å². The van der Waals surface area contributed by atoms with E-state index in [2.05, 4.69) is 9.71 Å². The van der Waals surface area contributed by atoms with Gasteiger partial charge in [0.15, 0.2) is 0 Å². The number of nitrogens with one attached hydrogen (secondary N) is 1. The Morgan fingerprint density at radius 1 is 1.14 bits per heavy atom. The molecule has 8 heteroatoms. The normalized spacial score (nSPS) is 15.6. The summed E-state index contributed by atoms with van der Waals surface area (Å²) in [5.41, 5.74) is 0. The van der Waals surface area contributed by atoms with Crippen LogP contribution in [0.15, 0.2) is 47.5 Å². The Kier molecular flexibility index (Phi) is 3.79. The van der Waals surface area contributed by atoms with Gasteiger partial charge in [-0.2, -0.15) is 0 Å². The van der Waals surface area contributed by atoms with Gasteiger partial charge in [-0.1, -0.05) is 6.07 Å². The molecule has 2 heterocycles. The maximum absolute atomic E-state index is 13.1. The van der Waals surface area contributed by atoms with Gasteiger partial charge in [-0.05, 0) is 24.3 Å². The predicted octanol–water partition coefficient (Wildman–Crippen LogP) is 1.53. The van der Waals surface area contributed by atoms with Gasteiger partial charge in [0.2, 0.25) is 10.0 Å². The molecule has 116 valence electrons. The van der Waals surface area contributed by atoms with Crippen LogP contribution in [-0.4, -0.2) is 32.5 Å². The van der Waals surface area contributed by atoms with E-state index in [1.54, 1.807) is 12.3 Å². The Balaban J connectivity index is 1.67. The second-order valence-electron chi connectivity index (χ2n) is 5.02. The van der Waals surface area contributed by atoms with Gasteiger partial charge in [-0.3, -0.25) is 0 Å². The van der Waals surface area contributed by atoms with Crippen molar-refractivity contribution >= 4 is 15.8 Å². The third-order valence-corrected chi connectivity index (χ3v) is 4.82. The molecule has 0 atom stereocenters. The fraction of sp³-hybridized carbons (Fsp3) is 0.214. The fourth-order valence-corrected chi connectivity index (χ4v) is 3.51. The average molecular weight is 325 g/mol. The minimum atomic E-state index is -3.95. The van der Waals surface area contributed by atoms with Crippen LogP contribution in [0.1, 0.15) is 0 Å². The first kappa shape index (κ1) is 14.9. The number of benzene rings is 1. The first-order chi connectivity index (χ1) is 10.4. The molecule has 1 fully saturated rings. The van der Waals surface area contributed by atoms with Crippen molar-refractivity contribution in [2.24, 2.45) is 0 Å². The molecule has 22 heavy (non-hydrogen) atoms. The number of halogens is 2. The lowest BCUT2D eigenvalue weighted by molar-refractivity contribution is 0.465. The summed E-state index contributed by atoms with van der Waals surface area (Å²) in [5.74, 6) is -1.09. The van der Waals surface area contributed by atoms with E-state index < -0.39 is 26.6 Å². The zero-order valence-electron chi connectivity index (χ0n) is 11.4. The molecular formula is C14H13F2N3O2S. The molecule has 0 radical (unpaired) electrons. The van der Waals surface area contributed by atoms with Crippen molar-refractivity contribution in [2.45, 2.75) is 10.9 Å². The van der Waals surface area contributed by atoms with Crippen LogP contribution in [-0.2, 0) is 10.0 Å². The molecule has 0 saturated carbocycles. The summed E-state index contributed by atoms with van der Waals surface area (Å²) in [4.78, 5) is 5.65. The fourth-order valence-electron chi connectivity index (χ4n) is 2.25. The Morgan fingerprint density at radius 2 is 1.82 bits per heavy atom. The van der Waals surface area contributed by atoms with Crippen LogP contribution < -0.4 is 9.62 Å². The van der Waals surface area contributed by atoms with Crippen LogP contribution in [0.4, 0.5) is 14.6 Å². The highest BCUT2D eigenvalue weighted by Crippen LogP contribution is 2.20. The molecule has 5 nitrogen and oxygen atoms in total. The smallest absolute Gasteiger partial charge is 0.241 e. The van der Waals surface area contributed by atoms with Crippen LogP contribution in [0.25, 0.3) is 0 Å². The molecular weight excluding hydrogens is 312 g/mol. The number of sulfonamides is 1.